The Balaban J connectivity index is 1.91. The van der Waals surface area contributed by atoms with Gasteiger partial charge in [-0.1, -0.05) is 48.9 Å². The Labute approximate surface area is 125 Å². The smallest absolute Gasteiger partial charge is 0.0889 e. The van der Waals surface area contributed by atoms with Gasteiger partial charge in [-0.3, -0.25) is 4.99 Å². The molecular formula is C19H18N2. The Kier molecular flexibility index (Phi) is 3.15. The molecular weight excluding hydrogens is 256 g/mol. The number of benzene rings is 2. The molecule has 1 aliphatic carbocycles. The van der Waals surface area contributed by atoms with Gasteiger partial charge in [0.1, 0.15) is 0 Å². The summed E-state index contributed by atoms with van der Waals surface area (Å²) in [6.07, 6.45) is 4.79. The second kappa shape index (κ2) is 5.28. The van der Waals surface area contributed by atoms with Gasteiger partial charge in [-0.05, 0) is 37.0 Å². The number of hydrogen-bond acceptors (Lipinski definition) is 2. The Morgan fingerprint density at radius 2 is 1.48 bits per heavy atom. The van der Waals surface area contributed by atoms with E-state index in [4.69, 9.17) is 9.98 Å². The van der Waals surface area contributed by atoms with E-state index in [1.807, 2.05) is 12.1 Å². The van der Waals surface area contributed by atoms with Crippen LogP contribution in [0.4, 0.5) is 11.4 Å². The van der Waals surface area contributed by atoms with Gasteiger partial charge in [0.2, 0.25) is 0 Å². The number of nitrogens with zero attached hydrogens (tertiary/aromatic N) is 2. The van der Waals surface area contributed by atoms with Crippen molar-refractivity contribution in [1.29, 1.82) is 0 Å². The van der Waals surface area contributed by atoms with Crippen LogP contribution < -0.4 is 0 Å². The lowest BCUT2D eigenvalue weighted by molar-refractivity contribution is 0.614. The predicted octanol–water partition coefficient (Wildman–Crippen LogP) is 5.08. The molecule has 1 heterocycles. The Morgan fingerprint density at radius 3 is 2.29 bits per heavy atom. The van der Waals surface area contributed by atoms with Crippen molar-refractivity contribution in [3.63, 3.8) is 0 Å². The van der Waals surface area contributed by atoms with Crippen molar-refractivity contribution in [1.82, 2.24) is 0 Å². The fourth-order valence-electron chi connectivity index (χ4n) is 3.31. The van der Waals surface area contributed by atoms with E-state index in [9.17, 15) is 0 Å². The van der Waals surface area contributed by atoms with E-state index in [1.165, 1.54) is 36.2 Å². The number of para-hydroxylation sites is 2. The first-order valence-electron chi connectivity index (χ1n) is 7.72. The van der Waals surface area contributed by atoms with Crippen molar-refractivity contribution in [3.05, 3.63) is 60.2 Å². The molecule has 2 aromatic rings. The van der Waals surface area contributed by atoms with Crippen molar-refractivity contribution >= 4 is 22.8 Å². The van der Waals surface area contributed by atoms with Gasteiger partial charge in [-0.2, -0.15) is 0 Å². The highest BCUT2D eigenvalue weighted by molar-refractivity contribution is 6.17. The summed E-state index contributed by atoms with van der Waals surface area (Å²) in [4.78, 5) is 9.93. The summed E-state index contributed by atoms with van der Waals surface area (Å²) in [5, 5.41) is 0. The molecule has 0 N–H and O–H groups in total. The highest BCUT2D eigenvalue weighted by Crippen LogP contribution is 2.37. The third kappa shape index (κ3) is 2.31. The molecule has 0 radical (unpaired) electrons. The Morgan fingerprint density at radius 1 is 0.762 bits per heavy atom. The summed E-state index contributed by atoms with van der Waals surface area (Å²) < 4.78 is 0. The van der Waals surface area contributed by atoms with Crippen LogP contribution >= 0.6 is 0 Å². The van der Waals surface area contributed by atoms with Crippen LogP contribution in [0, 0.1) is 5.92 Å². The molecule has 0 unspecified atom stereocenters. The zero-order valence-corrected chi connectivity index (χ0v) is 12.0. The monoisotopic (exact) mass is 274 g/mol. The SMILES string of the molecule is c1ccc(C2=Nc3ccccc3N=C3CCCC[C@H]32)cc1. The zero-order chi connectivity index (χ0) is 14.1. The molecule has 1 aliphatic heterocycles. The van der Waals surface area contributed by atoms with E-state index in [0.717, 1.165) is 17.8 Å². The number of aliphatic imine (C=N–C) groups is 2. The topological polar surface area (TPSA) is 24.7 Å². The molecule has 0 spiro atoms. The van der Waals surface area contributed by atoms with Gasteiger partial charge >= 0.3 is 0 Å². The quantitative estimate of drug-likeness (QED) is 0.692. The van der Waals surface area contributed by atoms with Crippen LogP contribution in [0.25, 0.3) is 0 Å². The molecule has 0 bridgehead atoms. The van der Waals surface area contributed by atoms with E-state index in [1.54, 1.807) is 0 Å². The van der Waals surface area contributed by atoms with Crippen LogP contribution in [0.5, 0.6) is 0 Å². The van der Waals surface area contributed by atoms with E-state index in [0.29, 0.717) is 5.92 Å². The van der Waals surface area contributed by atoms with Crippen LogP contribution in [0.1, 0.15) is 31.2 Å². The molecule has 21 heavy (non-hydrogen) atoms. The minimum Gasteiger partial charge on any atom is -0.255 e. The van der Waals surface area contributed by atoms with Crippen molar-refractivity contribution in [2.24, 2.45) is 15.9 Å². The maximum Gasteiger partial charge on any atom is 0.0889 e. The summed E-state index contributed by atoms with van der Waals surface area (Å²) in [5.41, 5.74) is 5.75. The molecule has 4 rings (SSSR count). The van der Waals surface area contributed by atoms with E-state index in [-0.39, 0.29) is 0 Å². The van der Waals surface area contributed by atoms with Gasteiger partial charge in [-0.25, -0.2) is 4.99 Å². The van der Waals surface area contributed by atoms with Crippen LogP contribution in [0.2, 0.25) is 0 Å². The third-order valence-electron chi connectivity index (χ3n) is 4.36. The summed E-state index contributed by atoms with van der Waals surface area (Å²) in [7, 11) is 0. The molecule has 0 amide bonds. The molecule has 1 saturated carbocycles. The fraction of sp³-hybridized carbons (Fsp3) is 0.263. The number of hydrogen-bond donors (Lipinski definition) is 0. The molecule has 2 aliphatic rings. The van der Waals surface area contributed by atoms with Crippen molar-refractivity contribution in [3.8, 4) is 0 Å². The van der Waals surface area contributed by atoms with Gasteiger partial charge in [0, 0.05) is 11.6 Å². The van der Waals surface area contributed by atoms with Crippen molar-refractivity contribution in [2.45, 2.75) is 25.7 Å². The molecule has 2 aromatic carbocycles. The fourth-order valence-corrected chi connectivity index (χ4v) is 3.31. The van der Waals surface area contributed by atoms with Crippen LogP contribution in [0.15, 0.2) is 64.6 Å². The van der Waals surface area contributed by atoms with E-state index < -0.39 is 0 Å². The number of rotatable bonds is 1. The van der Waals surface area contributed by atoms with Gasteiger partial charge in [-0.15, -0.1) is 0 Å². The molecule has 1 atom stereocenters. The zero-order valence-electron chi connectivity index (χ0n) is 12.0. The van der Waals surface area contributed by atoms with Crippen molar-refractivity contribution < 1.29 is 0 Å². The van der Waals surface area contributed by atoms with Crippen molar-refractivity contribution in [2.75, 3.05) is 0 Å². The van der Waals surface area contributed by atoms with Gasteiger partial charge < -0.3 is 0 Å². The summed E-state index contributed by atoms with van der Waals surface area (Å²) in [6.45, 7) is 0. The highest BCUT2D eigenvalue weighted by Gasteiger charge is 2.28. The van der Waals surface area contributed by atoms with Crippen LogP contribution in [-0.4, -0.2) is 11.4 Å². The average molecular weight is 274 g/mol. The lowest BCUT2D eigenvalue weighted by atomic mass is 9.81. The van der Waals surface area contributed by atoms with E-state index >= 15 is 0 Å². The molecule has 0 aromatic heterocycles. The molecule has 1 fully saturated rings. The predicted molar refractivity (Wildman–Crippen MR) is 88.1 cm³/mol. The van der Waals surface area contributed by atoms with Gasteiger partial charge in [0.15, 0.2) is 0 Å². The third-order valence-corrected chi connectivity index (χ3v) is 4.36. The second-order valence-electron chi connectivity index (χ2n) is 5.75. The first-order chi connectivity index (χ1) is 10.4. The molecule has 104 valence electrons. The summed E-state index contributed by atoms with van der Waals surface area (Å²) in [5.74, 6) is 0.383. The lowest BCUT2D eigenvalue weighted by Crippen LogP contribution is -2.27. The number of fused-ring (bicyclic) bond motifs is 2. The maximum absolute atomic E-state index is 5.00. The maximum atomic E-state index is 5.00. The standard InChI is InChI=1S/C19H18N2/c1-2-8-14(9-3-1)19-15-10-4-5-11-16(15)20-17-12-6-7-13-18(17)21-19/h1-3,6-9,12-13,15H,4-5,10-11H2/t15-/m1/s1. The Hall–Kier alpha value is -2.22. The minimum atomic E-state index is 0.383. The molecule has 0 saturated heterocycles. The van der Waals surface area contributed by atoms with Crippen LogP contribution in [0.3, 0.4) is 0 Å². The van der Waals surface area contributed by atoms with Crippen LogP contribution in [-0.2, 0) is 0 Å². The Bertz CT molecular complexity index is 713. The van der Waals surface area contributed by atoms with Gasteiger partial charge in [0.05, 0.1) is 17.1 Å². The summed E-state index contributed by atoms with van der Waals surface area (Å²) >= 11 is 0. The lowest BCUT2D eigenvalue weighted by Gasteiger charge is -2.24. The highest BCUT2D eigenvalue weighted by atomic mass is 14.9. The average Bonchev–Trinajstić information content (AvgIpc) is 2.72. The summed E-state index contributed by atoms with van der Waals surface area (Å²) in [6, 6.07) is 18.8. The molecule has 2 heteroatoms. The molecule has 2 nitrogen and oxygen atoms in total. The van der Waals surface area contributed by atoms with E-state index in [2.05, 4.69) is 42.5 Å². The first kappa shape index (κ1) is 12.5. The second-order valence-corrected chi connectivity index (χ2v) is 5.75. The van der Waals surface area contributed by atoms with Gasteiger partial charge in [0.25, 0.3) is 0 Å². The largest absolute Gasteiger partial charge is 0.255 e. The minimum absolute atomic E-state index is 0.383. The normalized spacial score (nSPS) is 20.7. The first-order valence-corrected chi connectivity index (χ1v) is 7.72.